The van der Waals surface area contributed by atoms with E-state index in [1.165, 1.54) is 0 Å². The predicted octanol–water partition coefficient (Wildman–Crippen LogP) is 3.48. The molecule has 0 aliphatic heterocycles. The van der Waals surface area contributed by atoms with Crippen molar-refractivity contribution in [2.24, 2.45) is 12.1 Å². The van der Waals surface area contributed by atoms with Crippen molar-refractivity contribution in [1.29, 1.82) is 0 Å². The molecule has 1 N–H and O–H groups in total. The highest BCUT2D eigenvalue weighted by Gasteiger charge is 2.11. The quantitative estimate of drug-likeness (QED) is 0.594. The summed E-state index contributed by atoms with van der Waals surface area (Å²) in [6, 6.07) is 11.4. The average molecular weight is 318 g/mol. The van der Waals surface area contributed by atoms with E-state index in [1.807, 2.05) is 48.1 Å². The van der Waals surface area contributed by atoms with Gasteiger partial charge in [-0.3, -0.25) is 0 Å². The smallest absolute Gasteiger partial charge is 0.216 e. The number of hydrogen-bond donors (Lipinski definition) is 1. The Hall–Kier alpha value is -2.18. The van der Waals surface area contributed by atoms with Crippen LogP contribution in [0.4, 0.5) is 0 Å². The zero-order valence-corrected chi connectivity index (χ0v) is 12.8. The van der Waals surface area contributed by atoms with Gasteiger partial charge in [-0.15, -0.1) is 0 Å². The van der Waals surface area contributed by atoms with E-state index in [0.717, 1.165) is 11.3 Å². The molecule has 0 aliphatic carbocycles. The van der Waals surface area contributed by atoms with Crippen LogP contribution in [0.3, 0.4) is 0 Å². The summed E-state index contributed by atoms with van der Waals surface area (Å²) in [4.78, 5) is 0. The number of aromatic amines is 1. The van der Waals surface area contributed by atoms with Gasteiger partial charge in [0.2, 0.25) is 4.77 Å². The van der Waals surface area contributed by atoms with Gasteiger partial charge in [-0.05, 0) is 36.5 Å². The fourth-order valence-electron chi connectivity index (χ4n) is 1.94. The summed E-state index contributed by atoms with van der Waals surface area (Å²) in [7, 11) is 1.95. The topological polar surface area (TPSA) is 50.9 Å². The molecule has 3 aromatic rings. The van der Waals surface area contributed by atoms with E-state index in [0.29, 0.717) is 15.6 Å². The third kappa shape index (κ3) is 2.68. The van der Waals surface area contributed by atoms with Gasteiger partial charge in [-0.1, -0.05) is 23.7 Å². The van der Waals surface area contributed by atoms with Gasteiger partial charge in [0.05, 0.1) is 16.9 Å². The van der Waals surface area contributed by atoms with Crippen LogP contribution in [0.1, 0.15) is 5.69 Å². The lowest BCUT2D eigenvalue weighted by Gasteiger charge is -2.03. The summed E-state index contributed by atoms with van der Waals surface area (Å²) in [6.07, 6.45) is 3.68. The maximum Gasteiger partial charge on any atom is 0.216 e. The van der Waals surface area contributed by atoms with Crippen molar-refractivity contribution in [3.63, 3.8) is 0 Å². The van der Waals surface area contributed by atoms with E-state index in [9.17, 15) is 0 Å². The van der Waals surface area contributed by atoms with Crippen LogP contribution < -0.4 is 0 Å². The van der Waals surface area contributed by atoms with Crippen molar-refractivity contribution < 1.29 is 0 Å². The fraction of sp³-hybridized carbons (Fsp3) is 0.0714. The molecule has 2 heterocycles. The van der Waals surface area contributed by atoms with Crippen LogP contribution in [0.2, 0.25) is 5.02 Å². The molecule has 0 amide bonds. The molecule has 21 heavy (non-hydrogen) atoms. The standard InChI is InChI=1S/C14H12ClN5S/c1-19-8-4-5-10(19)9-16-20-13(17-18-14(20)21)11-6-2-3-7-12(11)15/h2-9H,1H3,(H,18,21). The van der Waals surface area contributed by atoms with E-state index in [-0.39, 0.29) is 0 Å². The zero-order valence-electron chi connectivity index (χ0n) is 11.2. The molecule has 5 nitrogen and oxygen atoms in total. The zero-order chi connectivity index (χ0) is 14.8. The molecule has 2 aromatic heterocycles. The summed E-state index contributed by atoms with van der Waals surface area (Å²) >= 11 is 11.4. The van der Waals surface area contributed by atoms with Gasteiger partial charge in [-0.25, -0.2) is 5.10 Å². The summed E-state index contributed by atoms with van der Waals surface area (Å²) in [5.74, 6) is 0.580. The van der Waals surface area contributed by atoms with E-state index in [2.05, 4.69) is 15.3 Å². The number of halogens is 1. The van der Waals surface area contributed by atoms with Crippen LogP contribution in [-0.2, 0) is 7.05 Å². The number of aromatic nitrogens is 4. The Labute approximate surface area is 131 Å². The maximum atomic E-state index is 6.21. The molecule has 0 spiro atoms. The lowest BCUT2D eigenvalue weighted by Crippen LogP contribution is -1.98. The van der Waals surface area contributed by atoms with Gasteiger partial charge in [0.15, 0.2) is 5.82 Å². The first-order valence-corrected chi connectivity index (χ1v) is 7.03. The average Bonchev–Trinajstić information content (AvgIpc) is 3.04. The summed E-state index contributed by atoms with van der Waals surface area (Å²) in [5.41, 5.74) is 1.73. The van der Waals surface area contributed by atoms with Gasteiger partial charge >= 0.3 is 0 Å². The number of benzene rings is 1. The highest BCUT2D eigenvalue weighted by atomic mass is 35.5. The molecular weight excluding hydrogens is 306 g/mol. The number of nitrogens with one attached hydrogen (secondary N) is 1. The highest BCUT2D eigenvalue weighted by Crippen LogP contribution is 2.25. The van der Waals surface area contributed by atoms with Gasteiger partial charge < -0.3 is 4.57 Å². The largest absolute Gasteiger partial charge is 0.350 e. The second kappa shape index (κ2) is 5.67. The second-order valence-corrected chi connectivity index (χ2v) is 5.23. The monoisotopic (exact) mass is 317 g/mol. The van der Waals surface area contributed by atoms with Crippen molar-refractivity contribution in [1.82, 2.24) is 19.4 Å². The number of aryl methyl sites for hydroxylation is 1. The minimum atomic E-state index is 0.412. The van der Waals surface area contributed by atoms with Gasteiger partial charge in [0.25, 0.3) is 0 Å². The Morgan fingerprint density at radius 1 is 1.29 bits per heavy atom. The normalized spacial score (nSPS) is 11.3. The van der Waals surface area contributed by atoms with Crippen molar-refractivity contribution in [2.45, 2.75) is 0 Å². The van der Waals surface area contributed by atoms with Crippen molar-refractivity contribution in [3.8, 4) is 11.4 Å². The van der Waals surface area contributed by atoms with Crippen LogP contribution in [0, 0.1) is 4.77 Å². The summed E-state index contributed by atoms with van der Waals surface area (Å²) in [5, 5.41) is 12.0. The van der Waals surface area contributed by atoms with E-state index in [4.69, 9.17) is 23.8 Å². The number of H-pyrrole nitrogens is 1. The van der Waals surface area contributed by atoms with Gasteiger partial charge in [0, 0.05) is 18.8 Å². The predicted molar refractivity (Wildman–Crippen MR) is 86.3 cm³/mol. The van der Waals surface area contributed by atoms with E-state index in [1.54, 1.807) is 17.0 Å². The summed E-state index contributed by atoms with van der Waals surface area (Å²) in [6.45, 7) is 0. The fourth-order valence-corrected chi connectivity index (χ4v) is 2.34. The minimum Gasteiger partial charge on any atom is -0.350 e. The van der Waals surface area contributed by atoms with E-state index >= 15 is 0 Å². The Morgan fingerprint density at radius 2 is 2.10 bits per heavy atom. The number of hydrogen-bond acceptors (Lipinski definition) is 3. The molecule has 0 fully saturated rings. The molecule has 106 valence electrons. The third-order valence-electron chi connectivity index (χ3n) is 3.05. The molecule has 0 bridgehead atoms. The molecule has 0 aliphatic rings. The molecule has 1 aromatic carbocycles. The Morgan fingerprint density at radius 3 is 2.81 bits per heavy atom. The number of rotatable bonds is 3. The first kappa shape index (κ1) is 13.8. The molecule has 0 atom stereocenters. The van der Waals surface area contributed by atoms with Crippen LogP contribution in [-0.4, -0.2) is 25.7 Å². The lowest BCUT2D eigenvalue weighted by atomic mass is 10.2. The van der Waals surface area contributed by atoms with Crippen LogP contribution in [0.25, 0.3) is 11.4 Å². The van der Waals surface area contributed by atoms with E-state index < -0.39 is 0 Å². The van der Waals surface area contributed by atoms with Gasteiger partial charge in [-0.2, -0.15) is 14.9 Å². The molecule has 3 rings (SSSR count). The molecule has 0 radical (unpaired) electrons. The van der Waals surface area contributed by atoms with Crippen LogP contribution in [0.5, 0.6) is 0 Å². The van der Waals surface area contributed by atoms with Crippen LogP contribution in [0.15, 0.2) is 47.7 Å². The molecule has 0 unspecified atom stereocenters. The third-order valence-corrected chi connectivity index (χ3v) is 3.65. The van der Waals surface area contributed by atoms with Crippen LogP contribution >= 0.6 is 23.8 Å². The Bertz CT molecular complexity index is 858. The maximum absolute atomic E-state index is 6.21. The molecule has 0 saturated heterocycles. The highest BCUT2D eigenvalue weighted by molar-refractivity contribution is 7.71. The Balaban J connectivity index is 2.07. The SMILES string of the molecule is Cn1cccc1C=Nn1c(-c2ccccc2Cl)n[nH]c1=S. The van der Waals surface area contributed by atoms with Crippen molar-refractivity contribution in [2.75, 3.05) is 0 Å². The first-order chi connectivity index (χ1) is 10.2. The number of nitrogens with zero attached hydrogens (tertiary/aromatic N) is 4. The summed E-state index contributed by atoms with van der Waals surface area (Å²) < 4.78 is 3.93. The first-order valence-electron chi connectivity index (χ1n) is 6.25. The second-order valence-electron chi connectivity index (χ2n) is 4.43. The molecule has 7 heteroatoms. The Kier molecular flexibility index (Phi) is 3.72. The minimum absolute atomic E-state index is 0.412. The van der Waals surface area contributed by atoms with Crippen molar-refractivity contribution in [3.05, 3.63) is 58.1 Å². The van der Waals surface area contributed by atoms with Gasteiger partial charge in [0.1, 0.15) is 0 Å². The lowest BCUT2D eigenvalue weighted by molar-refractivity contribution is 0.862. The molecule has 0 saturated carbocycles. The van der Waals surface area contributed by atoms with Crippen molar-refractivity contribution >= 4 is 30.0 Å². The molecular formula is C14H12ClN5S.